The smallest absolute Gasteiger partial charge is 0.416 e. The molecule has 238 valence electrons. The van der Waals surface area contributed by atoms with Gasteiger partial charge in [0.2, 0.25) is 0 Å². The van der Waals surface area contributed by atoms with Crippen LogP contribution in [-0.4, -0.2) is 62.0 Å². The Balaban J connectivity index is 1.42. The number of esters is 1. The predicted octanol–water partition coefficient (Wildman–Crippen LogP) is 5.99. The molecule has 5 rings (SSSR count). The lowest BCUT2D eigenvalue weighted by Crippen LogP contribution is -2.49. The summed E-state index contributed by atoms with van der Waals surface area (Å²) in [6, 6.07) is 13.8. The Morgan fingerprint density at radius 1 is 1.15 bits per heavy atom. The highest BCUT2D eigenvalue weighted by Crippen LogP contribution is 2.35. The zero-order chi connectivity index (χ0) is 33.2. The lowest BCUT2D eigenvalue weighted by Gasteiger charge is -2.35. The fraction of sp³-hybridized carbons (Fsp3) is 0.250. The summed E-state index contributed by atoms with van der Waals surface area (Å²) in [5.74, 6) is -4.82. The number of carbonyl (C=O) groups excluding carboxylic acids is 2. The molecule has 1 aliphatic heterocycles. The van der Waals surface area contributed by atoms with Crippen LogP contribution in [0.5, 0.6) is 0 Å². The molecule has 2 atom stereocenters. The van der Waals surface area contributed by atoms with Crippen LogP contribution in [-0.2, 0) is 20.7 Å². The normalized spacial score (nSPS) is 15.7. The number of methoxy groups -OCH3 is 1. The van der Waals surface area contributed by atoms with Gasteiger partial charge in [0.05, 0.1) is 37.4 Å². The molecule has 46 heavy (non-hydrogen) atoms. The Bertz CT molecular complexity index is 1840. The van der Waals surface area contributed by atoms with Crippen molar-refractivity contribution in [1.29, 1.82) is 5.26 Å². The maximum Gasteiger partial charge on any atom is 0.416 e. The number of ether oxygens (including phenoxy) is 2. The van der Waals surface area contributed by atoms with E-state index in [1.54, 1.807) is 42.6 Å². The SMILES string of the molecule is COC(=O)[C@H](Cc1ccc(-c2ccc(C#N)cc2Cl)c2ncccc12)NC(=O)c1c(F)cc(N2CCO[C@H](C(F)(F)F)C2)cc1F. The molecule has 4 aromatic rings. The summed E-state index contributed by atoms with van der Waals surface area (Å²) < 4.78 is 79.4. The monoisotopic (exact) mass is 658 g/mol. The molecule has 0 bridgehead atoms. The van der Waals surface area contributed by atoms with Crippen molar-refractivity contribution >= 4 is 40.1 Å². The number of benzene rings is 3. The van der Waals surface area contributed by atoms with E-state index in [1.165, 1.54) is 6.07 Å². The fourth-order valence-corrected chi connectivity index (χ4v) is 5.54. The second-order valence-electron chi connectivity index (χ2n) is 10.4. The molecule has 1 aliphatic rings. The van der Waals surface area contributed by atoms with E-state index in [0.717, 1.165) is 24.1 Å². The number of pyridine rings is 1. The van der Waals surface area contributed by atoms with E-state index in [4.69, 9.17) is 21.1 Å². The first kappa shape index (κ1) is 32.6. The number of hydrogen-bond acceptors (Lipinski definition) is 7. The second kappa shape index (κ2) is 13.3. The van der Waals surface area contributed by atoms with Crippen molar-refractivity contribution in [1.82, 2.24) is 10.3 Å². The fourth-order valence-electron chi connectivity index (χ4n) is 5.26. The number of amides is 1. The van der Waals surface area contributed by atoms with E-state index >= 15 is 8.78 Å². The van der Waals surface area contributed by atoms with Gasteiger partial charge in [-0.15, -0.1) is 0 Å². The van der Waals surface area contributed by atoms with Crippen LogP contribution in [0.3, 0.4) is 0 Å². The third kappa shape index (κ3) is 6.73. The summed E-state index contributed by atoms with van der Waals surface area (Å²) in [6.45, 7) is -1.06. The van der Waals surface area contributed by atoms with Crippen molar-refractivity contribution in [3.8, 4) is 17.2 Å². The average molecular weight is 659 g/mol. The van der Waals surface area contributed by atoms with Crippen LogP contribution in [0.1, 0.15) is 21.5 Å². The van der Waals surface area contributed by atoms with Gasteiger partial charge in [-0.1, -0.05) is 35.9 Å². The van der Waals surface area contributed by atoms with Crippen LogP contribution in [0, 0.1) is 23.0 Å². The first-order valence-corrected chi connectivity index (χ1v) is 14.2. The number of hydrogen-bond donors (Lipinski definition) is 1. The number of carbonyl (C=O) groups is 2. The number of fused-ring (bicyclic) bond motifs is 1. The maximum atomic E-state index is 15.2. The van der Waals surface area contributed by atoms with Crippen LogP contribution in [0.4, 0.5) is 27.6 Å². The molecular weight excluding hydrogens is 635 g/mol. The molecule has 1 amide bonds. The highest BCUT2D eigenvalue weighted by molar-refractivity contribution is 6.33. The minimum absolute atomic E-state index is 0.0552. The summed E-state index contributed by atoms with van der Waals surface area (Å²) in [7, 11) is 1.09. The van der Waals surface area contributed by atoms with Crippen LogP contribution in [0.15, 0.2) is 60.8 Å². The van der Waals surface area contributed by atoms with Crippen molar-refractivity contribution in [2.24, 2.45) is 0 Å². The molecule has 0 saturated carbocycles. The Labute approximate surface area is 264 Å². The number of aromatic nitrogens is 1. The van der Waals surface area contributed by atoms with Gasteiger partial charge in [0.25, 0.3) is 5.91 Å². The average Bonchev–Trinajstić information content (AvgIpc) is 3.03. The van der Waals surface area contributed by atoms with Crippen LogP contribution >= 0.6 is 11.6 Å². The third-order valence-electron chi connectivity index (χ3n) is 7.51. The molecule has 1 N–H and O–H groups in total. The summed E-state index contributed by atoms with van der Waals surface area (Å²) in [6.07, 6.45) is -5.41. The number of rotatable bonds is 7. The number of alkyl halides is 3. The molecule has 1 saturated heterocycles. The van der Waals surface area contributed by atoms with Crippen molar-refractivity contribution in [3.63, 3.8) is 0 Å². The van der Waals surface area contributed by atoms with Gasteiger partial charge in [-0.05, 0) is 35.9 Å². The summed E-state index contributed by atoms with van der Waals surface area (Å²) in [5, 5.41) is 12.4. The molecule has 1 aromatic heterocycles. The van der Waals surface area contributed by atoms with Crippen molar-refractivity contribution in [3.05, 3.63) is 94.1 Å². The highest BCUT2D eigenvalue weighted by Gasteiger charge is 2.43. The molecule has 3 aromatic carbocycles. The van der Waals surface area contributed by atoms with Gasteiger partial charge in [-0.25, -0.2) is 13.6 Å². The number of morpholine rings is 1. The lowest BCUT2D eigenvalue weighted by atomic mass is 9.94. The van der Waals surface area contributed by atoms with E-state index in [9.17, 15) is 28.0 Å². The molecule has 0 radical (unpaired) electrons. The molecule has 8 nitrogen and oxygen atoms in total. The van der Waals surface area contributed by atoms with Crippen LogP contribution in [0.2, 0.25) is 5.02 Å². The van der Waals surface area contributed by atoms with Crippen LogP contribution < -0.4 is 10.2 Å². The zero-order valence-electron chi connectivity index (χ0n) is 24.0. The first-order valence-electron chi connectivity index (χ1n) is 13.8. The van der Waals surface area contributed by atoms with Gasteiger partial charge in [-0.3, -0.25) is 9.78 Å². The first-order chi connectivity index (χ1) is 21.9. The van der Waals surface area contributed by atoms with E-state index < -0.39 is 53.9 Å². The lowest BCUT2D eigenvalue weighted by molar-refractivity contribution is -0.221. The Morgan fingerprint density at radius 3 is 2.52 bits per heavy atom. The number of nitrogens with zero attached hydrogens (tertiary/aromatic N) is 3. The van der Waals surface area contributed by atoms with Crippen molar-refractivity contribution in [2.45, 2.75) is 24.7 Å². The maximum absolute atomic E-state index is 15.2. The summed E-state index contributed by atoms with van der Waals surface area (Å²) in [5.41, 5.74) is 1.44. The quantitative estimate of drug-likeness (QED) is 0.192. The Hall–Kier alpha value is -4.80. The van der Waals surface area contributed by atoms with Gasteiger partial charge in [0, 0.05) is 46.4 Å². The van der Waals surface area contributed by atoms with Gasteiger partial charge in [-0.2, -0.15) is 18.4 Å². The van der Waals surface area contributed by atoms with Crippen molar-refractivity contribution < 1.29 is 41.0 Å². The summed E-state index contributed by atoms with van der Waals surface area (Å²) in [4.78, 5) is 31.5. The van der Waals surface area contributed by atoms with Crippen LogP contribution in [0.25, 0.3) is 22.0 Å². The van der Waals surface area contributed by atoms with Gasteiger partial charge >= 0.3 is 12.1 Å². The minimum atomic E-state index is -4.67. The molecule has 0 unspecified atom stereocenters. The van der Waals surface area contributed by atoms with Crippen molar-refractivity contribution in [2.75, 3.05) is 31.7 Å². The van der Waals surface area contributed by atoms with Gasteiger partial charge < -0.3 is 19.7 Å². The molecular formula is C32H24ClF5N4O4. The second-order valence-corrected chi connectivity index (χ2v) is 10.8. The molecule has 2 heterocycles. The Morgan fingerprint density at radius 2 is 1.87 bits per heavy atom. The van der Waals surface area contributed by atoms with E-state index in [1.807, 2.05) is 6.07 Å². The number of halogens is 6. The topological polar surface area (TPSA) is 105 Å². The summed E-state index contributed by atoms with van der Waals surface area (Å²) >= 11 is 6.44. The Kier molecular flexibility index (Phi) is 9.41. The zero-order valence-corrected chi connectivity index (χ0v) is 24.8. The van der Waals surface area contributed by atoms with E-state index in [0.29, 0.717) is 38.2 Å². The van der Waals surface area contributed by atoms with E-state index in [-0.39, 0.29) is 25.3 Å². The minimum Gasteiger partial charge on any atom is -0.467 e. The van der Waals surface area contributed by atoms with Gasteiger partial charge in [0.15, 0.2) is 6.10 Å². The molecule has 0 aliphatic carbocycles. The molecule has 0 spiro atoms. The standard InChI is InChI=1S/C32H24ClF5N4O4/c1-45-31(44)26(12-18-5-7-22(29-20(18)3-2-8-40-29)21-6-4-17(15-39)11-23(21)33)41-30(43)28-24(34)13-19(14-25(28)35)42-9-10-46-27(16-42)32(36,37)38/h2-8,11,13-14,26-27H,9-10,12,16H2,1H3,(H,41,43)/t26-,27-/m0/s1. The number of nitrogens with one attached hydrogen (secondary N) is 1. The van der Waals surface area contributed by atoms with E-state index in [2.05, 4.69) is 10.3 Å². The molecule has 1 fully saturated rings. The largest absolute Gasteiger partial charge is 0.467 e. The number of anilines is 1. The molecule has 14 heteroatoms. The highest BCUT2D eigenvalue weighted by atomic mass is 35.5. The number of nitriles is 1. The third-order valence-corrected chi connectivity index (χ3v) is 7.83. The van der Waals surface area contributed by atoms with Gasteiger partial charge in [0.1, 0.15) is 23.2 Å². The predicted molar refractivity (Wildman–Crippen MR) is 158 cm³/mol.